The van der Waals surface area contributed by atoms with Gasteiger partial charge < -0.3 is 19.3 Å². The fraction of sp³-hybridized carbons (Fsp3) is 0.417. The highest BCUT2D eigenvalue weighted by atomic mass is 32.2. The highest BCUT2D eigenvalue weighted by Crippen LogP contribution is 2.42. The summed E-state index contributed by atoms with van der Waals surface area (Å²) in [5.74, 6) is 1.91. The van der Waals surface area contributed by atoms with Crippen LogP contribution in [0.1, 0.15) is 28.5 Å². The van der Waals surface area contributed by atoms with Crippen molar-refractivity contribution < 1.29 is 19.1 Å². The number of ether oxygens (including phenoxy) is 2. The summed E-state index contributed by atoms with van der Waals surface area (Å²) in [5.41, 5.74) is 4.21. The molecule has 0 bridgehead atoms. The minimum Gasteiger partial charge on any atom is -0.493 e. The molecule has 2 aromatic rings. The molecule has 31 heavy (non-hydrogen) atoms. The fourth-order valence-corrected chi connectivity index (χ4v) is 5.48. The molecule has 2 fully saturated rings. The molecule has 2 heterocycles. The second-order valence-electron chi connectivity index (χ2n) is 8.04. The molecule has 2 unspecified atom stereocenters. The quantitative estimate of drug-likeness (QED) is 0.705. The van der Waals surface area contributed by atoms with Crippen molar-refractivity contribution in [1.29, 1.82) is 0 Å². The maximum absolute atomic E-state index is 13.4. The average Bonchev–Trinajstić information content (AvgIpc) is 3.41. The highest BCUT2D eigenvalue weighted by Gasteiger charge is 2.41. The molecule has 7 heteroatoms. The molecule has 2 amide bonds. The average molecular weight is 441 g/mol. The number of anilines is 1. The van der Waals surface area contributed by atoms with Gasteiger partial charge in [0.2, 0.25) is 11.8 Å². The predicted octanol–water partition coefficient (Wildman–Crippen LogP) is 3.95. The maximum Gasteiger partial charge on any atom is 0.229 e. The van der Waals surface area contributed by atoms with Crippen molar-refractivity contribution in [1.82, 2.24) is 4.90 Å². The number of carbonyl (C=O) groups excluding carboxylic acids is 2. The first-order valence-corrected chi connectivity index (χ1v) is 11.5. The van der Waals surface area contributed by atoms with Crippen LogP contribution in [0.2, 0.25) is 0 Å². The topological polar surface area (TPSA) is 59.1 Å². The van der Waals surface area contributed by atoms with Crippen molar-refractivity contribution in [2.45, 2.75) is 25.6 Å². The third kappa shape index (κ3) is 4.11. The monoisotopic (exact) mass is 440 g/mol. The lowest BCUT2D eigenvalue weighted by Gasteiger charge is -2.27. The highest BCUT2D eigenvalue weighted by molar-refractivity contribution is 7.99. The number of nitrogens with zero attached hydrogens (tertiary/aromatic N) is 2. The Kier molecular flexibility index (Phi) is 6.14. The molecule has 0 N–H and O–H groups in total. The molecule has 0 spiro atoms. The Balaban J connectivity index is 1.52. The van der Waals surface area contributed by atoms with Crippen LogP contribution in [0.4, 0.5) is 5.69 Å². The predicted molar refractivity (Wildman–Crippen MR) is 123 cm³/mol. The largest absolute Gasteiger partial charge is 0.493 e. The third-order valence-corrected chi connectivity index (χ3v) is 7.40. The number of benzene rings is 2. The van der Waals surface area contributed by atoms with Crippen molar-refractivity contribution in [3.63, 3.8) is 0 Å². The lowest BCUT2D eigenvalue weighted by Crippen LogP contribution is -2.37. The molecule has 6 nitrogen and oxygen atoms in total. The first kappa shape index (κ1) is 21.6. The Morgan fingerprint density at radius 1 is 1.03 bits per heavy atom. The van der Waals surface area contributed by atoms with Crippen LogP contribution in [0, 0.1) is 19.8 Å². The Hall–Kier alpha value is -2.67. The van der Waals surface area contributed by atoms with E-state index in [-0.39, 0.29) is 29.5 Å². The van der Waals surface area contributed by atoms with Crippen LogP contribution in [0.3, 0.4) is 0 Å². The first-order chi connectivity index (χ1) is 14.9. The van der Waals surface area contributed by atoms with E-state index in [4.69, 9.17) is 9.47 Å². The summed E-state index contributed by atoms with van der Waals surface area (Å²) in [7, 11) is 3.22. The van der Waals surface area contributed by atoms with E-state index in [1.165, 1.54) is 5.56 Å². The van der Waals surface area contributed by atoms with Crippen LogP contribution in [-0.4, -0.2) is 49.8 Å². The lowest BCUT2D eigenvalue weighted by molar-refractivity contribution is -0.136. The molecule has 0 radical (unpaired) electrons. The van der Waals surface area contributed by atoms with Crippen molar-refractivity contribution >= 4 is 29.3 Å². The molecule has 2 aliphatic rings. The number of amides is 2. The van der Waals surface area contributed by atoms with Gasteiger partial charge in [-0.25, -0.2) is 0 Å². The molecule has 0 aliphatic carbocycles. The van der Waals surface area contributed by atoms with Gasteiger partial charge in [0.15, 0.2) is 11.5 Å². The van der Waals surface area contributed by atoms with Crippen LogP contribution in [0.5, 0.6) is 11.5 Å². The van der Waals surface area contributed by atoms with Crippen LogP contribution in [0.25, 0.3) is 0 Å². The van der Waals surface area contributed by atoms with E-state index in [0.717, 1.165) is 22.6 Å². The molecular weight excluding hydrogens is 412 g/mol. The zero-order valence-electron chi connectivity index (χ0n) is 18.4. The van der Waals surface area contributed by atoms with Gasteiger partial charge in [0.1, 0.15) is 5.37 Å². The van der Waals surface area contributed by atoms with Gasteiger partial charge in [-0.1, -0.05) is 12.1 Å². The fourth-order valence-electron chi connectivity index (χ4n) is 4.23. The number of methoxy groups -OCH3 is 2. The molecule has 2 aliphatic heterocycles. The number of rotatable bonds is 5. The Morgan fingerprint density at radius 2 is 1.81 bits per heavy atom. The zero-order chi connectivity index (χ0) is 22.1. The second-order valence-corrected chi connectivity index (χ2v) is 9.23. The van der Waals surface area contributed by atoms with Gasteiger partial charge in [-0.15, -0.1) is 11.8 Å². The SMILES string of the molecule is COc1ccc(C2SCCN2C(=O)C2CC(=O)N(c3ccc(C)c(C)c3)C2)cc1OC. The van der Waals surface area contributed by atoms with E-state index >= 15 is 0 Å². The van der Waals surface area contributed by atoms with Crippen molar-refractivity contribution in [3.8, 4) is 11.5 Å². The van der Waals surface area contributed by atoms with Gasteiger partial charge in [-0.2, -0.15) is 0 Å². The molecule has 4 rings (SSSR count). The Bertz CT molecular complexity index is 1010. The summed E-state index contributed by atoms with van der Waals surface area (Å²) >= 11 is 1.74. The zero-order valence-corrected chi connectivity index (χ0v) is 19.2. The van der Waals surface area contributed by atoms with E-state index in [1.807, 2.05) is 48.2 Å². The van der Waals surface area contributed by atoms with E-state index < -0.39 is 0 Å². The van der Waals surface area contributed by atoms with Crippen molar-refractivity contribution in [2.24, 2.45) is 5.92 Å². The second kappa shape index (κ2) is 8.83. The van der Waals surface area contributed by atoms with Crippen molar-refractivity contribution in [2.75, 3.05) is 38.0 Å². The molecule has 0 saturated carbocycles. The minimum absolute atomic E-state index is 0.0103. The van der Waals surface area contributed by atoms with Gasteiger partial charge >= 0.3 is 0 Å². The van der Waals surface area contributed by atoms with Crippen molar-refractivity contribution in [3.05, 3.63) is 53.1 Å². The van der Waals surface area contributed by atoms with Gasteiger partial charge in [-0.05, 0) is 54.8 Å². The van der Waals surface area contributed by atoms with Gasteiger partial charge in [-0.3, -0.25) is 9.59 Å². The summed E-state index contributed by atoms with van der Waals surface area (Å²) in [6, 6.07) is 11.8. The Morgan fingerprint density at radius 3 is 2.52 bits per heavy atom. The van der Waals surface area contributed by atoms with Crippen LogP contribution in [-0.2, 0) is 9.59 Å². The molecule has 2 atom stereocenters. The molecule has 0 aromatic heterocycles. The van der Waals surface area contributed by atoms with E-state index in [2.05, 4.69) is 6.92 Å². The number of hydrogen-bond donors (Lipinski definition) is 0. The summed E-state index contributed by atoms with van der Waals surface area (Å²) in [6.45, 7) is 5.20. The first-order valence-electron chi connectivity index (χ1n) is 10.4. The normalized spacial score (nSPS) is 21.0. The lowest BCUT2D eigenvalue weighted by atomic mass is 10.1. The van der Waals surface area contributed by atoms with E-state index in [1.54, 1.807) is 30.9 Å². The molecule has 2 aromatic carbocycles. The van der Waals surface area contributed by atoms with Gasteiger partial charge in [0, 0.05) is 31.0 Å². The number of hydrogen-bond acceptors (Lipinski definition) is 5. The number of aryl methyl sites for hydroxylation is 2. The van der Waals surface area contributed by atoms with Crippen LogP contribution in [0.15, 0.2) is 36.4 Å². The van der Waals surface area contributed by atoms with Crippen LogP contribution < -0.4 is 14.4 Å². The summed E-state index contributed by atoms with van der Waals surface area (Å²) in [4.78, 5) is 29.8. The summed E-state index contributed by atoms with van der Waals surface area (Å²) in [6.07, 6.45) is 0.256. The smallest absolute Gasteiger partial charge is 0.229 e. The van der Waals surface area contributed by atoms with E-state index in [0.29, 0.717) is 24.6 Å². The number of thioether (sulfide) groups is 1. The van der Waals surface area contributed by atoms with Gasteiger partial charge in [0.25, 0.3) is 0 Å². The van der Waals surface area contributed by atoms with E-state index in [9.17, 15) is 9.59 Å². The van der Waals surface area contributed by atoms with Crippen LogP contribution >= 0.6 is 11.8 Å². The number of carbonyl (C=O) groups is 2. The Labute approximate surface area is 187 Å². The standard InChI is InChI=1S/C24H28N2O4S/c1-15-5-7-19(11-16(15)2)26-14-18(13-22(26)27)23(28)25-9-10-31-24(25)17-6-8-20(29-3)21(12-17)30-4/h5-8,11-12,18,24H,9-10,13-14H2,1-4H3. The molecule has 164 valence electrons. The third-order valence-electron chi connectivity index (χ3n) is 6.14. The summed E-state index contributed by atoms with van der Waals surface area (Å²) in [5, 5.41) is -0.0851. The molecule has 2 saturated heterocycles. The van der Waals surface area contributed by atoms with Gasteiger partial charge in [0.05, 0.1) is 20.1 Å². The maximum atomic E-state index is 13.4. The minimum atomic E-state index is -0.324. The summed E-state index contributed by atoms with van der Waals surface area (Å²) < 4.78 is 10.8. The molecular formula is C24H28N2O4S.